The number of hydrogen-bond donors (Lipinski definition) is 1. The van der Waals surface area contributed by atoms with Crippen molar-refractivity contribution >= 4 is 12.6 Å². The summed E-state index contributed by atoms with van der Waals surface area (Å²) in [6, 6.07) is 0. The summed E-state index contributed by atoms with van der Waals surface area (Å²) < 4.78 is 0. The lowest BCUT2D eigenvalue weighted by molar-refractivity contribution is 0.679. The minimum atomic E-state index is 1.23. The first-order chi connectivity index (χ1) is 4.88. The van der Waals surface area contributed by atoms with Crippen LogP contribution in [0.5, 0.6) is 0 Å². The Morgan fingerprint density at radius 2 is 1.80 bits per heavy atom. The van der Waals surface area contributed by atoms with E-state index in [9.17, 15) is 0 Å². The van der Waals surface area contributed by atoms with Crippen molar-refractivity contribution in [2.24, 2.45) is 0 Å². The van der Waals surface area contributed by atoms with E-state index in [2.05, 4.69) is 25.6 Å². The maximum Gasteiger partial charge on any atom is -0.0271 e. The second-order valence-electron chi connectivity index (χ2n) is 2.68. The molecule has 1 heteroatoms. The van der Waals surface area contributed by atoms with Gasteiger partial charge in [-0.3, -0.25) is 0 Å². The lowest BCUT2D eigenvalue weighted by Gasteiger charge is -2.16. The summed E-state index contributed by atoms with van der Waals surface area (Å²) in [7, 11) is 0. The molecule has 0 nitrogen and oxygen atoms in total. The summed E-state index contributed by atoms with van der Waals surface area (Å²) in [6.07, 6.45) is 7.38. The fourth-order valence-corrected chi connectivity index (χ4v) is 1.72. The molecule has 0 radical (unpaired) electrons. The van der Waals surface area contributed by atoms with Gasteiger partial charge in [0, 0.05) is 0 Å². The van der Waals surface area contributed by atoms with Gasteiger partial charge >= 0.3 is 0 Å². The van der Waals surface area contributed by atoms with Gasteiger partial charge in [0.25, 0.3) is 0 Å². The van der Waals surface area contributed by atoms with E-state index in [0.717, 1.165) is 0 Å². The maximum absolute atomic E-state index is 4.17. The molecule has 0 unspecified atom stereocenters. The molecular weight excluding hydrogens is 140 g/mol. The predicted octanol–water partition coefficient (Wildman–Crippen LogP) is 3.32. The van der Waals surface area contributed by atoms with Gasteiger partial charge in [-0.25, -0.2) is 0 Å². The molecule has 0 atom stereocenters. The third kappa shape index (κ3) is 1.66. The van der Waals surface area contributed by atoms with Crippen LogP contribution in [-0.4, -0.2) is 0 Å². The summed E-state index contributed by atoms with van der Waals surface area (Å²) in [5.74, 6) is 0. The van der Waals surface area contributed by atoms with Crippen LogP contribution in [0.15, 0.2) is 22.6 Å². The first-order valence-electron chi connectivity index (χ1n) is 3.87. The van der Waals surface area contributed by atoms with Crippen molar-refractivity contribution in [2.75, 3.05) is 0 Å². The van der Waals surface area contributed by atoms with E-state index < -0.39 is 0 Å². The lowest BCUT2D eigenvalue weighted by Crippen LogP contribution is -1.97. The molecule has 0 N–H and O–H groups in total. The average Bonchev–Trinajstić information content (AvgIpc) is 2.04. The van der Waals surface area contributed by atoms with Crippen molar-refractivity contribution in [1.82, 2.24) is 0 Å². The van der Waals surface area contributed by atoms with Crippen molar-refractivity contribution in [2.45, 2.75) is 32.6 Å². The fourth-order valence-electron chi connectivity index (χ4n) is 1.43. The largest absolute Gasteiger partial charge is 0.151 e. The molecule has 10 heavy (non-hydrogen) atoms. The van der Waals surface area contributed by atoms with Gasteiger partial charge in [0.2, 0.25) is 0 Å². The van der Waals surface area contributed by atoms with Gasteiger partial charge in [-0.15, -0.1) is 0 Å². The van der Waals surface area contributed by atoms with Crippen LogP contribution in [0.25, 0.3) is 0 Å². The molecule has 1 fully saturated rings. The standard InChI is InChI=1S/C9H14S/c1-2-8-5-3-4-6-9(8)7-10/h2,7,10H,3-6H2,1H3/b8-2-,9-7+. The Kier molecular flexibility index (Phi) is 3.07. The maximum atomic E-state index is 4.17. The van der Waals surface area contributed by atoms with Crippen LogP contribution in [0.3, 0.4) is 0 Å². The Labute approximate surface area is 68.4 Å². The van der Waals surface area contributed by atoms with E-state index in [-0.39, 0.29) is 0 Å². The number of thiol groups is 1. The fraction of sp³-hybridized carbons (Fsp3) is 0.556. The monoisotopic (exact) mass is 154 g/mol. The molecule has 0 amide bonds. The normalized spacial score (nSPS) is 27.8. The van der Waals surface area contributed by atoms with Crippen LogP contribution < -0.4 is 0 Å². The van der Waals surface area contributed by atoms with Crippen molar-refractivity contribution in [1.29, 1.82) is 0 Å². The Balaban J connectivity index is 2.69. The zero-order chi connectivity index (χ0) is 7.40. The topological polar surface area (TPSA) is 0 Å². The molecular formula is C9H14S. The van der Waals surface area contributed by atoms with Gasteiger partial charge < -0.3 is 0 Å². The Bertz CT molecular complexity index is 146. The number of hydrogen-bond acceptors (Lipinski definition) is 1. The summed E-state index contributed by atoms with van der Waals surface area (Å²) in [5.41, 5.74) is 2.94. The molecule has 0 aromatic carbocycles. The molecule has 0 heterocycles. The van der Waals surface area contributed by atoms with Crippen LogP contribution in [-0.2, 0) is 0 Å². The molecule has 0 aromatic rings. The predicted molar refractivity (Wildman–Crippen MR) is 49.3 cm³/mol. The summed E-state index contributed by atoms with van der Waals surface area (Å²) in [6.45, 7) is 2.11. The van der Waals surface area contributed by atoms with Crippen LogP contribution in [0.2, 0.25) is 0 Å². The van der Waals surface area contributed by atoms with Crippen LogP contribution >= 0.6 is 12.6 Å². The smallest absolute Gasteiger partial charge is 0.0271 e. The van der Waals surface area contributed by atoms with Gasteiger partial charge in [0.1, 0.15) is 0 Å². The minimum absolute atomic E-state index is 1.23. The molecule has 1 aliphatic carbocycles. The highest BCUT2D eigenvalue weighted by Crippen LogP contribution is 2.28. The molecule has 1 saturated carbocycles. The van der Waals surface area contributed by atoms with Gasteiger partial charge in [0.15, 0.2) is 0 Å². The molecule has 1 aliphatic rings. The van der Waals surface area contributed by atoms with E-state index in [1.807, 2.05) is 5.41 Å². The highest BCUT2D eigenvalue weighted by Gasteiger charge is 2.08. The minimum Gasteiger partial charge on any atom is -0.151 e. The first kappa shape index (κ1) is 7.93. The van der Waals surface area contributed by atoms with Crippen molar-refractivity contribution in [3.8, 4) is 0 Å². The number of rotatable bonds is 0. The Hall–Kier alpha value is -0.170. The molecule has 56 valence electrons. The van der Waals surface area contributed by atoms with E-state index in [4.69, 9.17) is 0 Å². The Morgan fingerprint density at radius 1 is 1.20 bits per heavy atom. The average molecular weight is 154 g/mol. The number of allylic oxidation sites excluding steroid dienone is 3. The quantitative estimate of drug-likeness (QED) is 0.508. The molecule has 0 saturated heterocycles. The van der Waals surface area contributed by atoms with Crippen molar-refractivity contribution < 1.29 is 0 Å². The second-order valence-corrected chi connectivity index (χ2v) is 2.93. The molecule has 0 bridgehead atoms. The van der Waals surface area contributed by atoms with Gasteiger partial charge in [0.05, 0.1) is 0 Å². The third-order valence-corrected chi connectivity index (χ3v) is 2.37. The SMILES string of the molecule is C/C=C1/CCCC/C1=C\S. The summed E-state index contributed by atoms with van der Waals surface area (Å²) in [4.78, 5) is 0. The van der Waals surface area contributed by atoms with Crippen molar-refractivity contribution in [3.63, 3.8) is 0 Å². The highest BCUT2D eigenvalue weighted by atomic mass is 32.1. The van der Waals surface area contributed by atoms with Crippen LogP contribution in [0, 0.1) is 0 Å². The van der Waals surface area contributed by atoms with Gasteiger partial charge in [-0.1, -0.05) is 6.08 Å². The van der Waals surface area contributed by atoms with Crippen LogP contribution in [0.1, 0.15) is 32.6 Å². The van der Waals surface area contributed by atoms with Crippen molar-refractivity contribution in [3.05, 3.63) is 22.6 Å². The molecule has 0 aromatic heterocycles. The lowest BCUT2D eigenvalue weighted by atomic mass is 9.91. The van der Waals surface area contributed by atoms with E-state index >= 15 is 0 Å². The van der Waals surface area contributed by atoms with E-state index in [0.29, 0.717) is 0 Å². The van der Waals surface area contributed by atoms with E-state index in [1.54, 1.807) is 0 Å². The first-order valence-corrected chi connectivity index (χ1v) is 4.39. The summed E-state index contributed by atoms with van der Waals surface area (Å²) in [5, 5.41) is 1.95. The van der Waals surface area contributed by atoms with E-state index in [1.165, 1.54) is 36.8 Å². The molecule has 1 rings (SSSR count). The second kappa shape index (κ2) is 3.87. The third-order valence-electron chi connectivity index (χ3n) is 2.06. The van der Waals surface area contributed by atoms with Crippen LogP contribution in [0.4, 0.5) is 0 Å². The molecule has 0 spiro atoms. The Morgan fingerprint density at radius 3 is 2.20 bits per heavy atom. The van der Waals surface area contributed by atoms with Gasteiger partial charge in [-0.2, -0.15) is 12.6 Å². The highest BCUT2D eigenvalue weighted by molar-refractivity contribution is 7.83. The summed E-state index contributed by atoms with van der Waals surface area (Å²) >= 11 is 4.17. The zero-order valence-corrected chi connectivity index (χ0v) is 7.32. The zero-order valence-electron chi connectivity index (χ0n) is 6.43. The molecule has 0 aliphatic heterocycles. The van der Waals surface area contributed by atoms with Gasteiger partial charge in [-0.05, 0) is 49.2 Å².